The Morgan fingerprint density at radius 3 is 2.23 bits per heavy atom. The summed E-state index contributed by atoms with van der Waals surface area (Å²) in [6, 6.07) is 10.4. The molecule has 1 fully saturated rings. The van der Waals surface area contributed by atoms with Gasteiger partial charge in [0.25, 0.3) is 5.89 Å². The number of rotatable bonds is 6. The smallest absolute Gasteiger partial charge is 0.264 e. The van der Waals surface area contributed by atoms with Crippen molar-refractivity contribution < 1.29 is 26.5 Å². The van der Waals surface area contributed by atoms with Gasteiger partial charge in [0.1, 0.15) is 17.4 Å². The Labute approximate surface area is 172 Å². The summed E-state index contributed by atoms with van der Waals surface area (Å²) < 4.78 is 63.5. The lowest BCUT2D eigenvalue weighted by Crippen LogP contribution is -2.38. The van der Waals surface area contributed by atoms with Crippen LogP contribution in [0.2, 0.25) is 0 Å². The highest BCUT2D eigenvalue weighted by Crippen LogP contribution is 2.29. The fraction of sp³-hybridized carbons (Fsp3) is 0.300. The monoisotopic (exact) mass is 435 g/mol. The first-order valence-corrected chi connectivity index (χ1v) is 10.8. The van der Waals surface area contributed by atoms with Crippen LogP contribution in [-0.4, -0.2) is 36.0 Å². The Balaban J connectivity index is 1.34. The molecule has 1 saturated heterocycles. The molecule has 1 aliphatic heterocycles. The first-order chi connectivity index (χ1) is 14.4. The van der Waals surface area contributed by atoms with Gasteiger partial charge < -0.3 is 9.26 Å². The van der Waals surface area contributed by atoms with Gasteiger partial charge in [-0.05, 0) is 61.4 Å². The first kappa shape index (κ1) is 20.4. The Bertz CT molecular complexity index is 1090. The van der Waals surface area contributed by atoms with Gasteiger partial charge in [0.05, 0.1) is 4.90 Å². The van der Waals surface area contributed by atoms with Gasteiger partial charge in [-0.1, -0.05) is 5.16 Å². The van der Waals surface area contributed by atoms with Crippen LogP contribution in [-0.2, 0) is 16.6 Å². The van der Waals surface area contributed by atoms with Crippen molar-refractivity contribution in [2.24, 2.45) is 0 Å². The summed E-state index contributed by atoms with van der Waals surface area (Å²) in [6.45, 7) is 0.664. The third-order valence-electron chi connectivity index (χ3n) is 4.93. The number of halogens is 2. The van der Waals surface area contributed by atoms with Crippen molar-refractivity contribution in [1.29, 1.82) is 0 Å². The predicted molar refractivity (Wildman–Crippen MR) is 102 cm³/mol. The third kappa shape index (κ3) is 4.49. The molecule has 0 atom stereocenters. The number of piperidine rings is 1. The van der Waals surface area contributed by atoms with Gasteiger partial charge >= 0.3 is 0 Å². The van der Waals surface area contributed by atoms with Crippen LogP contribution in [0.5, 0.6) is 5.75 Å². The van der Waals surface area contributed by atoms with Crippen molar-refractivity contribution in [2.45, 2.75) is 30.3 Å². The van der Waals surface area contributed by atoms with E-state index in [0.717, 1.165) is 12.1 Å². The first-order valence-electron chi connectivity index (χ1n) is 9.38. The molecule has 10 heteroatoms. The predicted octanol–water partition coefficient (Wildman–Crippen LogP) is 3.50. The highest BCUT2D eigenvalue weighted by molar-refractivity contribution is 7.89. The van der Waals surface area contributed by atoms with Crippen LogP contribution in [0.25, 0.3) is 0 Å². The fourth-order valence-corrected chi connectivity index (χ4v) is 4.75. The standard InChI is InChI=1S/C20H19F2N3O4S/c21-15-1-5-17(6-2-15)28-13-19-23-20(24-29-19)14-9-11-25(12-10-14)30(26,27)18-7-3-16(22)4-8-18/h1-8,14H,9-13H2. The Morgan fingerprint density at radius 2 is 1.60 bits per heavy atom. The van der Waals surface area contributed by atoms with Gasteiger partial charge in [-0.2, -0.15) is 9.29 Å². The van der Waals surface area contributed by atoms with Crippen LogP contribution in [0.1, 0.15) is 30.5 Å². The fourth-order valence-electron chi connectivity index (χ4n) is 3.28. The summed E-state index contributed by atoms with van der Waals surface area (Å²) in [5.74, 6) is 0.407. The zero-order valence-electron chi connectivity index (χ0n) is 15.9. The number of sulfonamides is 1. The van der Waals surface area contributed by atoms with Crippen molar-refractivity contribution in [3.05, 3.63) is 71.9 Å². The topological polar surface area (TPSA) is 85.5 Å². The second-order valence-corrected chi connectivity index (χ2v) is 8.86. The van der Waals surface area contributed by atoms with Crippen LogP contribution >= 0.6 is 0 Å². The zero-order valence-corrected chi connectivity index (χ0v) is 16.7. The normalized spacial score (nSPS) is 15.9. The highest BCUT2D eigenvalue weighted by Gasteiger charge is 2.31. The van der Waals surface area contributed by atoms with E-state index in [9.17, 15) is 17.2 Å². The number of aromatic nitrogens is 2. The molecule has 0 aliphatic carbocycles. The van der Waals surface area contributed by atoms with Gasteiger partial charge in [0.15, 0.2) is 12.4 Å². The Morgan fingerprint density at radius 1 is 1.00 bits per heavy atom. The van der Waals surface area contributed by atoms with Gasteiger partial charge in [0.2, 0.25) is 10.0 Å². The van der Waals surface area contributed by atoms with E-state index in [-0.39, 0.29) is 29.1 Å². The minimum Gasteiger partial charge on any atom is -0.484 e. The summed E-state index contributed by atoms with van der Waals surface area (Å²) in [4.78, 5) is 4.41. The molecule has 0 saturated carbocycles. The molecule has 0 N–H and O–H groups in total. The average molecular weight is 435 g/mol. The molecule has 0 bridgehead atoms. The minimum atomic E-state index is -3.67. The highest BCUT2D eigenvalue weighted by atomic mass is 32.2. The summed E-state index contributed by atoms with van der Waals surface area (Å²) in [6.07, 6.45) is 1.08. The minimum absolute atomic E-state index is 0.0343. The lowest BCUT2D eigenvalue weighted by Gasteiger charge is -2.29. The van der Waals surface area contributed by atoms with Crippen molar-refractivity contribution >= 4 is 10.0 Å². The molecular formula is C20H19F2N3O4S. The van der Waals surface area contributed by atoms with Crippen molar-refractivity contribution in [2.75, 3.05) is 13.1 Å². The van der Waals surface area contributed by atoms with Crippen LogP contribution in [0.4, 0.5) is 8.78 Å². The summed E-state index contributed by atoms with van der Waals surface area (Å²) in [5, 5.41) is 3.99. The maximum atomic E-state index is 13.1. The van der Waals surface area contributed by atoms with Crippen LogP contribution < -0.4 is 4.74 Å². The molecular weight excluding hydrogens is 416 g/mol. The SMILES string of the molecule is O=S(=O)(c1ccc(F)cc1)N1CCC(c2noc(COc3ccc(F)cc3)n2)CC1. The van der Waals surface area contributed by atoms with Crippen molar-refractivity contribution in [3.8, 4) is 5.75 Å². The van der Waals surface area contributed by atoms with E-state index in [0.29, 0.717) is 37.5 Å². The molecule has 2 heterocycles. The van der Waals surface area contributed by atoms with E-state index in [2.05, 4.69) is 10.1 Å². The molecule has 158 valence electrons. The number of ether oxygens (including phenoxy) is 1. The van der Waals surface area contributed by atoms with E-state index in [1.807, 2.05) is 0 Å². The van der Waals surface area contributed by atoms with Crippen LogP contribution in [0, 0.1) is 11.6 Å². The molecule has 0 unspecified atom stereocenters. The van der Waals surface area contributed by atoms with Crippen LogP contribution in [0.15, 0.2) is 57.9 Å². The molecule has 1 aromatic heterocycles. The number of hydrogen-bond donors (Lipinski definition) is 0. The van der Waals surface area contributed by atoms with E-state index in [4.69, 9.17) is 9.26 Å². The molecule has 0 spiro atoms. The lowest BCUT2D eigenvalue weighted by molar-refractivity contribution is 0.241. The van der Waals surface area contributed by atoms with Crippen molar-refractivity contribution in [3.63, 3.8) is 0 Å². The van der Waals surface area contributed by atoms with E-state index < -0.39 is 15.8 Å². The molecule has 7 nitrogen and oxygen atoms in total. The van der Waals surface area contributed by atoms with Crippen molar-refractivity contribution in [1.82, 2.24) is 14.4 Å². The number of nitrogens with zero attached hydrogens (tertiary/aromatic N) is 3. The van der Waals surface area contributed by atoms with E-state index >= 15 is 0 Å². The molecule has 30 heavy (non-hydrogen) atoms. The maximum Gasteiger partial charge on any atom is 0.264 e. The molecule has 4 rings (SSSR count). The summed E-state index contributed by atoms with van der Waals surface area (Å²) in [7, 11) is -3.67. The zero-order chi connectivity index (χ0) is 21.1. The molecule has 1 aliphatic rings. The number of benzene rings is 2. The second-order valence-electron chi connectivity index (χ2n) is 6.92. The largest absolute Gasteiger partial charge is 0.484 e. The van der Waals surface area contributed by atoms with E-state index in [1.165, 1.54) is 40.7 Å². The third-order valence-corrected chi connectivity index (χ3v) is 6.84. The van der Waals surface area contributed by atoms with Gasteiger partial charge in [-0.3, -0.25) is 0 Å². The van der Waals surface area contributed by atoms with Gasteiger partial charge in [-0.15, -0.1) is 0 Å². The van der Waals surface area contributed by atoms with E-state index in [1.54, 1.807) is 0 Å². The van der Waals surface area contributed by atoms with Crippen LogP contribution in [0.3, 0.4) is 0 Å². The lowest BCUT2D eigenvalue weighted by atomic mass is 9.98. The Hall–Kier alpha value is -2.85. The van der Waals surface area contributed by atoms with Gasteiger partial charge in [0, 0.05) is 19.0 Å². The Kier molecular flexibility index (Phi) is 5.78. The summed E-state index contributed by atoms with van der Waals surface area (Å²) >= 11 is 0. The second kappa shape index (κ2) is 8.49. The van der Waals surface area contributed by atoms with Gasteiger partial charge in [-0.25, -0.2) is 17.2 Å². The molecule has 2 aromatic carbocycles. The molecule has 3 aromatic rings. The maximum absolute atomic E-state index is 13.1. The summed E-state index contributed by atoms with van der Waals surface area (Å²) in [5.41, 5.74) is 0. The average Bonchev–Trinajstić information content (AvgIpc) is 3.23. The number of hydrogen-bond acceptors (Lipinski definition) is 6. The molecule has 0 radical (unpaired) electrons. The molecule has 0 amide bonds. The quantitative estimate of drug-likeness (QED) is 0.589.